The van der Waals surface area contributed by atoms with Crippen LogP contribution in [0.25, 0.3) is 0 Å². The van der Waals surface area contributed by atoms with Crippen LogP contribution in [0.15, 0.2) is 0 Å². The van der Waals surface area contributed by atoms with Gasteiger partial charge in [0.05, 0.1) is 17.4 Å². The molecule has 3 atom stereocenters. The van der Waals surface area contributed by atoms with Gasteiger partial charge in [-0.15, -0.1) is 0 Å². The molecule has 0 amide bonds. The summed E-state index contributed by atoms with van der Waals surface area (Å²) in [5.41, 5.74) is 0. The molecule has 1 heterocycles. The predicted molar refractivity (Wildman–Crippen MR) is 66.6 cm³/mol. The van der Waals surface area contributed by atoms with Crippen molar-refractivity contribution in [3.63, 3.8) is 0 Å². The average molecular weight is 262 g/mol. The Morgan fingerprint density at radius 1 is 1.47 bits per heavy atom. The predicted octanol–water partition coefficient (Wildman–Crippen LogP) is 1.95. The van der Waals surface area contributed by atoms with Crippen LogP contribution < -0.4 is 0 Å². The molecule has 0 bridgehead atoms. The van der Waals surface area contributed by atoms with E-state index in [4.69, 9.17) is 0 Å². The number of sulfone groups is 1. The minimum Gasteiger partial charge on any atom is -0.481 e. The van der Waals surface area contributed by atoms with Crippen LogP contribution in [0.5, 0.6) is 0 Å². The fourth-order valence-electron chi connectivity index (χ4n) is 2.68. The smallest absolute Gasteiger partial charge is 0.306 e. The summed E-state index contributed by atoms with van der Waals surface area (Å²) in [6, 6.07) is 0. The molecule has 1 rings (SSSR count). The number of carbonyl (C=O) groups is 1. The zero-order valence-corrected chi connectivity index (χ0v) is 11.4. The van der Waals surface area contributed by atoms with Crippen molar-refractivity contribution in [3.05, 3.63) is 0 Å². The van der Waals surface area contributed by atoms with Crippen molar-refractivity contribution in [1.29, 1.82) is 0 Å². The standard InChI is InChI=1S/C12H22O4S/c1-3-4-9(2)7-11(12(13)14)10-5-6-17(15,16)8-10/h9-11H,3-8H2,1-2H3,(H,13,14). The second kappa shape index (κ2) is 5.85. The van der Waals surface area contributed by atoms with Crippen LogP contribution in [-0.4, -0.2) is 31.0 Å². The maximum atomic E-state index is 11.4. The number of carboxylic acids is 1. The van der Waals surface area contributed by atoms with Gasteiger partial charge in [0.15, 0.2) is 9.84 Å². The molecule has 5 heteroatoms. The summed E-state index contributed by atoms with van der Waals surface area (Å²) >= 11 is 0. The Morgan fingerprint density at radius 2 is 2.12 bits per heavy atom. The Kier molecular flexibility index (Phi) is 4.98. The molecule has 1 N–H and O–H groups in total. The van der Waals surface area contributed by atoms with Crippen LogP contribution in [0.1, 0.15) is 39.5 Å². The summed E-state index contributed by atoms with van der Waals surface area (Å²) in [7, 11) is -2.99. The number of carboxylic acid groups (broad SMARTS) is 1. The first-order valence-corrected chi connectivity index (χ1v) is 8.11. The number of rotatable bonds is 6. The van der Waals surface area contributed by atoms with E-state index in [-0.39, 0.29) is 17.4 Å². The highest BCUT2D eigenvalue weighted by atomic mass is 32.2. The molecule has 0 aromatic carbocycles. The first-order chi connectivity index (χ1) is 7.85. The molecule has 0 aromatic rings. The highest BCUT2D eigenvalue weighted by Gasteiger charge is 2.37. The van der Waals surface area contributed by atoms with Gasteiger partial charge in [-0.05, 0) is 24.7 Å². The van der Waals surface area contributed by atoms with Gasteiger partial charge in [-0.2, -0.15) is 0 Å². The van der Waals surface area contributed by atoms with E-state index in [2.05, 4.69) is 6.92 Å². The van der Waals surface area contributed by atoms with Crippen LogP contribution in [0, 0.1) is 17.8 Å². The van der Waals surface area contributed by atoms with E-state index in [0.29, 0.717) is 18.8 Å². The van der Waals surface area contributed by atoms with Gasteiger partial charge in [0.25, 0.3) is 0 Å². The zero-order valence-electron chi connectivity index (χ0n) is 10.6. The molecule has 0 saturated carbocycles. The van der Waals surface area contributed by atoms with E-state index in [0.717, 1.165) is 12.8 Å². The summed E-state index contributed by atoms with van der Waals surface area (Å²) in [6.07, 6.45) is 3.15. The molecule has 1 aliphatic heterocycles. The Morgan fingerprint density at radius 3 is 2.53 bits per heavy atom. The SMILES string of the molecule is CCCC(C)CC(C(=O)O)C1CCS(=O)(=O)C1. The van der Waals surface area contributed by atoms with Crippen molar-refractivity contribution in [2.45, 2.75) is 39.5 Å². The van der Waals surface area contributed by atoms with Crippen LogP contribution in [0.3, 0.4) is 0 Å². The molecule has 100 valence electrons. The average Bonchev–Trinajstić information content (AvgIpc) is 2.55. The molecular formula is C12H22O4S. The topological polar surface area (TPSA) is 71.4 Å². The van der Waals surface area contributed by atoms with Gasteiger partial charge in [-0.1, -0.05) is 26.7 Å². The van der Waals surface area contributed by atoms with Gasteiger partial charge < -0.3 is 5.11 Å². The van der Waals surface area contributed by atoms with E-state index in [9.17, 15) is 18.3 Å². The fraction of sp³-hybridized carbons (Fsp3) is 0.917. The molecule has 0 aliphatic carbocycles. The van der Waals surface area contributed by atoms with Crippen molar-refractivity contribution >= 4 is 15.8 Å². The second-order valence-corrected chi connectivity index (χ2v) is 7.47. The van der Waals surface area contributed by atoms with Crippen molar-refractivity contribution in [2.75, 3.05) is 11.5 Å². The molecule has 4 nitrogen and oxygen atoms in total. The summed E-state index contributed by atoms with van der Waals surface area (Å²) in [6.45, 7) is 4.12. The van der Waals surface area contributed by atoms with Gasteiger partial charge in [0.2, 0.25) is 0 Å². The highest BCUT2D eigenvalue weighted by Crippen LogP contribution is 2.31. The van der Waals surface area contributed by atoms with E-state index >= 15 is 0 Å². The normalized spacial score (nSPS) is 26.6. The molecule has 1 saturated heterocycles. The van der Waals surface area contributed by atoms with Gasteiger partial charge >= 0.3 is 5.97 Å². The molecule has 3 unspecified atom stereocenters. The quantitative estimate of drug-likeness (QED) is 0.794. The van der Waals surface area contributed by atoms with Crippen LogP contribution in [-0.2, 0) is 14.6 Å². The fourth-order valence-corrected chi connectivity index (χ4v) is 4.56. The third kappa shape index (κ3) is 4.30. The van der Waals surface area contributed by atoms with Crippen LogP contribution in [0.4, 0.5) is 0 Å². The summed E-state index contributed by atoms with van der Waals surface area (Å²) < 4.78 is 22.8. The number of aliphatic carboxylic acids is 1. The summed E-state index contributed by atoms with van der Waals surface area (Å²) in [5, 5.41) is 9.23. The molecule has 0 aromatic heterocycles. The van der Waals surface area contributed by atoms with E-state index < -0.39 is 21.7 Å². The van der Waals surface area contributed by atoms with Crippen molar-refractivity contribution in [1.82, 2.24) is 0 Å². The summed E-state index contributed by atoms with van der Waals surface area (Å²) in [4.78, 5) is 11.2. The van der Waals surface area contributed by atoms with Crippen molar-refractivity contribution in [3.8, 4) is 0 Å². The maximum absolute atomic E-state index is 11.4. The lowest BCUT2D eigenvalue weighted by molar-refractivity contribution is -0.144. The lowest BCUT2D eigenvalue weighted by Crippen LogP contribution is -2.26. The highest BCUT2D eigenvalue weighted by molar-refractivity contribution is 7.91. The Labute approximate surface area is 103 Å². The molecular weight excluding hydrogens is 240 g/mol. The van der Waals surface area contributed by atoms with Crippen LogP contribution >= 0.6 is 0 Å². The van der Waals surface area contributed by atoms with Gasteiger partial charge in [0.1, 0.15) is 0 Å². The second-order valence-electron chi connectivity index (χ2n) is 5.24. The largest absolute Gasteiger partial charge is 0.481 e. The van der Waals surface area contributed by atoms with Crippen LogP contribution in [0.2, 0.25) is 0 Å². The Bertz CT molecular complexity index is 361. The maximum Gasteiger partial charge on any atom is 0.306 e. The lowest BCUT2D eigenvalue weighted by atomic mass is 9.83. The minimum absolute atomic E-state index is 0.0583. The third-order valence-electron chi connectivity index (χ3n) is 3.59. The molecule has 1 fully saturated rings. The number of hydrogen-bond acceptors (Lipinski definition) is 3. The third-order valence-corrected chi connectivity index (χ3v) is 5.39. The van der Waals surface area contributed by atoms with Crippen molar-refractivity contribution < 1.29 is 18.3 Å². The summed E-state index contributed by atoms with van der Waals surface area (Å²) in [5.74, 6) is -0.947. The van der Waals surface area contributed by atoms with E-state index in [1.807, 2.05) is 6.92 Å². The monoisotopic (exact) mass is 262 g/mol. The zero-order chi connectivity index (χ0) is 13.1. The first kappa shape index (κ1) is 14.5. The van der Waals surface area contributed by atoms with Gasteiger partial charge in [-0.25, -0.2) is 8.42 Å². The minimum atomic E-state index is -2.99. The first-order valence-electron chi connectivity index (χ1n) is 6.29. The molecule has 0 spiro atoms. The molecule has 0 radical (unpaired) electrons. The molecule has 17 heavy (non-hydrogen) atoms. The van der Waals surface area contributed by atoms with Gasteiger partial charge in [0, 0.05) is 0 Å². The lowest BCUT2D eigenvalue weighted by Gasteiger charge is -2.21. The van der Waals surface area contributed by atoms with Crippen molar-refractivity contribution in [2.24, 2.45) is 17.8 Å². The van der Waals surface area contributed by atoms with E-state index in [1.165, 1.54) is 0 Å². The van der Waals surface area contributed by atoms with Gasteiger partial charge in [-0.3, -0.25) is 4.79 Å². The number of hydrogen-bond donors (Lipinski definition) is 1. The Balaban J connectivity index is 2.64. The Hall–Kier alpha value is -0.580. The van der Waals surface area contributed by atoms with E-state index in [1.54, 1.807) is 0 Å². The molecule has 1 aliphatic rings.